The van der Waals surface area contributed by atoms with Gasteiger partial charge in [0.05, 0.1) is 12.7 Å². The average Bonchev–Trinajstić information content (AvgIpc) is 2.59. The lowest BCUT2D eigenvalue weighted by Crippen LogP contribution is -2.26. The van der Waals surface area contributed by atoms with E-state index in [1.165, 1.54) is 12.7 Å². The van der Waals surface area contributed by atoms with Crippen molar-refractivity contribution in [2.24, 2.45) is 16.7 Å². The molecule has 2 rings (SSSR count). The van der Waals surface area contributed by atoms with Gasteiger partial charge in [0, 0.05) is 24.8 Å². The smallest absolute Gasteiger partial charge is 0.337 e. The van der Waals surface area contributed by atoms with Crippen LogP contribution in [0.4, 0.5) is 5.69 Å². The lowest BCUT2D eigenvalue weighted by molar-refractivity contribution is 0.0600. The Morgan fingerprint density at radius 2 is 2.21 bits per heavy atom. The predicted molar refractivity (Wildman–Crippen MR) is 95.4 cm³/mol. The third-order valence-electron chi connectivity index (χ3n) is 3.54. The van der Waals surface area contributed by atoms with Crippen molar-refractivity contribution in [2.45, 2.75) is 12.8 Å². The van der Waals surface area contributed by atoms with Crippen LogP contribution < -0.4 is 16.9 Å². The molecule has 1 aliphatic rings. The number of carbonyl (C=O) groups is 1. The summed E-state index contributed by atoms with van der Waals surface area (Å²) < 4.78 is 4.75. The molecular formula is C17H23N5O2. The molecule has 0 bridgehead atoms. The topological polar surface area (TPSA) is 106 Å². The maximum Gasteiger partial charge on any atom is 0.337 e. The van der Waals surface area contributed by atoms with Crippen LogP contribution in [0.3, 0.4) is 0 Å². The number of amidine groups is 1. The van der Waals surface area contributed by atoms with Gasteiger partial charge in [-0.25, -0.2) is 15.8 Å². The molecule has 0 radical (unpaired) electrons. The summed E-state index contributed by atoms with van der Waals surface area (Å²) in [6.07, 6.45) is 8.57. The van der Waals surface area contributed by atoms with E-state index in [9.17, 15) is 4.79 Å². The Hall–Kier alpha value is -2.80. The number of nitrogens with one attached hydrogen (secondary N) is 1. The van der Waals surface area contributed by atoms with Gasteiger partial charge in [-0.2, -0.15) is 0 Å². The fourth-order valence-electron chi connectivity index (χ4n) is 2.38. The van der Waals surface area contributed by atoms with Crippen molar-refractivity contribution in [3.05, 3.63) is 53.1 Å². The molecular weight excluding hydrogens is 306 g/mol. The second-order valence-electron chi connectivity index (χ2n) is 5.42. The van der Waals surface area contributed by atoms with Gasteiger partial charge in [0.15, 0.2) is 5.84 Å². The lowest BCUT2D eigenvalue weighted by Gasteiger charge is -2.15. The number of nitrogens with zero attached hydrogens (tertiary/aromatic N) is 2. The normalized spacial score (nSPS) is 14.1. The van der Waals surface area contributed by atoms with Crippen LogP contribution in [0.5, 0.6) is 0 Å². The van der Waals surface area contributed by atoms with E-state index in [0.717, 1.165) is 23.6 Å². The van der Waals surface area contributed by atoms with Crippen LogP contribution in [0.25, 0.3) is 0 Å². The standard InChI is InChI=1S/C17H23N5O2/c1-22(19)21-16(18)14-10-13(17(23)24-2)8-9-15(14)20-11-12-6-4-3-5-7-12/h4,6-10,20H,3,5,11,19H2,1-2H3,(H2,18,21). The van der Waals surface area contributed by atoms with Crippen LogP contribution >= 0.6 is 0 Å². The molecule has 7 nitrogen and oxygen atoms in total. The maximum atomic E-state index is 11.8. The molecule has 24 heavy (non-hydrogen) atoms. The molecule has 5 N–H and O–H groups in total. The number of carbonyl (C=O) groups excluding carboxylic acids is 1. The van der Waals surface area contributed by atoms with Gasteiger partial charge in [-0.3, -0.25) is 0 Å². The van der Waals surface area contributed by atoms with Crippen LogP contribution in [0.2, 0.25) is 0 Å². The van der Waals surface area contributed by atoms with E-state index in [-0.39, 0.29) is 5.84 Å². The Morgan fingerprint density at radius 3 is 2.83 bits per heavy atom. The van der Waals surface area contributed by atoms with Crippen molar-refractivity contribution < 1.29 is 9.53 Å². The first-order valence-electron chi connectivity index (χ1n) is 7.66. The van der Waals surface area contributed by atoms with Crippen molar-refractivity contribution in [1.29, 1.82) is 0 Å². The number of rotatable bonds is 6. The fourth-order valence-corrected chi connectivity index (χ4v) is 2.38. The van der Waals surface area contributed by atoms with E-state index in [2.05, 4.69) is 28.6 Å². The van der Waals surface area contributed by atoms with Crippen LogP contribution in [-0.4, -0.2) is 37.6 Å². The molecule has 0 saturated carbocycles. The third-order valence-corrected chi connectivity index (χ3v) is 3.54. The Labute approximate surface area is 141 Å². The first kappa shape index (κ1) is 17.6. The van der Waals surface area contributed by atoms with Gasteiger partial charge >= 0.3 is 5.97 Å². The second kappa shape index (κ2) is 8.16. The number of hydrazone groups is 1. The molecule has 0 heterocycles. The van der Waals surface area contributed by atoms with Gasteiger partial charge in [-0.05, 0) is 36.6 Å². The minimum atomic E-state index is -0.436. The van der Waals surface area contributed by atoms with Crippen LogP contribution in [0.15, 0.2) is 47.1 Å². The number of anilines is 1. The van der Waals surface area contributed by atoms with E-state index >= 15 is 0 Å². The molecule has 0 atom stereocenters. The van der Waals surface area contributed by atoms with Gasteiger partial charge in [-0.1, -0.05) is 18.2 Å². The van der Waals surface area contributed by atoms with Gasteiger partial charge in [-0.15, -0.1) is 5.10 Å². The largest absolute Gasteiger partial charge is 0.465 e. The van der Waals surface area contributed by atoms with Crippen LogP contribution in [-0.2, 0) is 4.74 Å². The highest BCUT2D eigenvalue weighted by Gasteiger charge is 2.13. The molecule has 0 fully saturated rings. The van der Waals surface area contributed by atoms with Gasteiger partial charge in [0.1, 0.15) is 0 Å². The molecule has 0 unspecified atom stereocenters. The zero-order valence-corrected chi connectivity index (χ0v) is 14.0. The number of methoxy groups -OCH3 is 1. The summed E-state index contributed by atoms with van der Waals surface area (Å²) in [7, 11) is 2.91. The van der Waals surface area contributed by atoms with Gasteiger partial charge in [0.25, 0.3) is 0 Å². The minimum absolute atomic E-state index is 0.210. The number of benzene rings is 1. The molecule has 128 valence electrons. The molecule has 7 heteroatoms. The average molecular weight is 329 g/mol. The zero-order valence-electron chi connectivity index (χ0n) is 14.0. The van der Waals surface area contributed by atoms with E-state index in [0.29, 0.717) is 17.7 Å². The summed E-state index contributed by atoms with van der Waals surface area (Å²) in [6, 6.07) is 5.11. The third kappa shape index (κ3) is 4.60. The van der Waals surface area contributed by atoms with Crippen molar-refractivity contribution >= 4 is 17.5 Å². The minimum Gasteiger partial charge on any atom is -0.465 e. The molecule has 1 aliphatic carbocycles. The molecule has 0 aliphatic heterocycles. The maximum absolute atomic E-state index is 11.8. The number of hydrogen-bond acceptors (Lipinski definition) is 6. The first-order chi connectivity index (χ1) is 11.5. The number of hydrogen-bond donors (Lipinski definition) is 3. The monoisotopic (exact) mass is 329 g/mol. The second-order valence-corrected chi connectivity index (χ2v) is 5.42. The number of allylic oxidation sites excluding steroid dienone is 2. The lowest BCUT2D eigenvalue weighted by atomic mass is 10.1. The SMILES string of the molecule is COC(=O)c1ccc(NCC2=CCCC=C2)c(/C(N)=N/N(C)N)c1. The Kier molecular flexibility index (Phi) is 5.97. The predicted octanol–water partition coefficient (Wildman–Crippen LogP) is 1.59. The molecule has 0 amide bonds. The van der Waals surface area contributed by atoms with E-state index in [1.807, 2.05) is 0 Å². The number of ether oxygens (including phenoxy) is 1. The number of hydrazine groups is 1. The number of esters is 1. The van der Waals surface area contributed by atoms with E-state index in [4.69, 9.17) is 16.3 Å². The van der Waals surface area contributed by atoms with Crippen molar-refractivity contribution in [3.63, 3.8) is 0 Å². The van der Waals surface area contributed by atoms with E-state index in [1.54, 1.807) is 25.2 Å². The summed E-state index contributed by atoms with van der Waals surface area (Å²) in [5.41, 5.74) is 8.99. The quantitative estimate of drug-likeness (QED) is 0.241. The summed E-state index contributed by atoms with van der Waals surface area (Å²) in [6.45, 7) is 0.660. The molecule has 1 aromatic carbocycles. The summed E-state index contributed by atoms with van der Waals surface area (Å²) in [5, 5.41) is 8.46. The summed E-state index contributed by atoms with van der Waals surface area (Å²) in [4.78, 5) is 11.8. The molecule has 1 aromatic rings. The van der Waals surface area contributed by atoms with E-state index < -0.39 is 5.97 Å². The Balaban J connectivity index is 2.29. The molecule has 0 saturated heterocycles. The highest BCUT2D eigenvalue weighted by atomic mass is 16.5. The van der Waals surface area contributed by atoms with Gasteiger partial charge in [0.2, 0.25) is 0 Å². The highest BCUT2D eigenvalue weighted by molar-refractivity contribution is 6.04. The fraction of sp³-hybridized carbons (Fsp3) is 0.294. The Morgan fingerprint density at radius 1 is 1.42 bits per heavy atom. The first-order valence-corrected chi connectivity index (χ1v) is 7.66. The van der Waals surface area contributed by atoms with Gasteiger partial charge < -0.3 is 15.8 Å². The van der Waals surface area contributed by atoms with Crippen LogP contribution in [0.1, 0.15) is 28.8 Å². The summed E-state index contributed by atoms with van der Waals surface area (Å²) in [5.74, 6) is 5.31. The van der Waals surface area contributed by atoms with Crippen molar-refractivity contribution in [2.75, 3.05) is 26.0 Å². The molecule has 0 aromatic heterocycles. The Bertz CT molecular complexity index is 692. The summed E-state index contributed by atoms with van der Waals surface area (Å²) >= 11 is 0. The number of nitrogens with two attached hydrogens (primary N) is 2. The van der Waals surface area contributed by atoms with Crippen molar-refractivity contribution in [1.82, 2.24) is 5.12 Å². The van der Waals surface area contributed by atoms with Crippen molar-refractivity contribution in [3.8, 4) is 0 Å². The molecule has 0 spiro atoms. The zero-order chi connectivity index (χ0) is 17.5. The van der Waals surface area contributed by atoms with Crippen LogP contribution in [0, 0.1) is 0 Å². The highest BCUT2D eigenvalue weighted by Crippen LogP contribution is 2.20.